The molecule has 1 aromatic rings. The van der Waals surface area contributed by atoms with Crippen LogP contribution in [0.3, 0.4) is 0 Å². The minimum atomic E-state index is -0.0213. The van der Waals surface area contributed by atoms with E-state index in [0.717, 1.165) is 17.1 Å². The molecule has 0 aromatic heterocycles. The van der Waals surface area contributed by atoms with Crippen molar-refractivity contribution in [1.29, 1.82) is 0 Å². The summed E-state index contributed by atoms with van der Waals surface area (Å²) < 4.78 is 10.4. The number of benzene rings is 1. The van der Waals surface area contributed by atoms with Crippen molar-refractivity contribution in [1.82, 2.24) is 0 Å². The van der Waals surface area contributed by atoms with Crippen molar-refractivity contribution in [3.05, 3.63) is 23.8 Å². The fourth-order valence-corrected chi connectivity index (χ4v) is 1.18. The maximum Gasteiger partial charge on any atom is 0.256 e. The summed E-state index contributed by atoms with van der Waals surface area (Å²) in [5.74, 6) is 1.44. The molecular weight excluding hydrogens is 196 g/mol. The van der Waals surface area contributed by atoms with Gasteiger partial charge in [0.2, 0.25) is 13.0 Å². The van der Waals surface area contributed by atoms with Crippen molar-refractivity contribution in [2.75, 3.05) is 6.79 Å². The molecule has 0 fully saturated rings. The topological polar surface area (TPSA) is 96.8 Å². The number of hydrogen-bond acceptors (Lipinski definition) is 3. The summed E-state index contributed by atoms with van der Waals surface area (Å²) in [6, 6.07) is 5.52. The van der Waals surface area contributed by atoms with Gasteiger partial charge in [0.05, 0.1) is 0 Å². The minimum Gasteiger partial charge on any atom is -0.454 e. The molecule has 1 aliphatic rings. The number of nitrogens with one attached hydrogen (secondary N) is 1. The molecule has 0 radical (unpaired) electrons. The van der Waals surface area contributed by atoms with Crippen LogP contribution >= 0.6 is 0 Å². The molecule has 0 amide bonds. The molecule has 0 atom stereocenters. The van der Waals surface area contributed by atoms with E-state index in [0.29, 0.717) is 0 Å². The van der Waals surface area contributed by atoms with Crippen LogP contribution in [0.5, 0.6) is 11.5 Å². The molecule has 0 bridgehead atoms. The number of fused-ring (bicyclic) bond motifs is 1. The molecule has 78 valence electrons. The van der Waals surface area contributed by atoms with Gasteiger partial charge >= 0.3 is 0 Å². The second-order valence-electron chi connectivity index (χ2n) is 2.92. The third-order valence-corrected chi connectivity index (χ3v) is 1.82. The molecule has 1 heterocycles. The van der Waals surface area contributed by atoms with E-state index in [2.05, 4.69) is 10.2 Å². The zero-order valence-electron chi connectivity index (χ0n) is 7.93. The van der Waals surface area contributed by atoms with E-state index in [4.69, 9.17) is 20.9 Å². The quantitative estimate of drug-likeness (QED) is 0.300. The van der Waals surface area contributed by atoms with Gasteiger partial charge in [-0.15, -0.1) is 5.10 Å². The van der Waals surface area contributed by atoms with Gasteiger partial charge < -0.3 is 20.9 Å². The Balaban J connectivity index is 2.17. The molecular formula is C9H11N4O2+. The summed E-state index contributed by atoms with van der Waals surface area (Å²) in [5, 5.41) is 6.22. The van der Waals surface area contributed by atoms with Crippen molar-refractivity contribution in [2.45, 2.75) is 0 Å². The van der Waals surface area contributed by atoms with Crippen LogP contribution in [-0.4, -0.2) is 19.0 Å². The predicted molar refractivity (Wildman–Crippen MR) is 54.5 cm³/mol. The average molecular weight is 207 g/mol. The summed E-state index contributed by atoms with van der Waals surface area (Å²) in [7, 11) is 0. The molecule has 0 saturated heterocycles. The second-order valence-corrected chi connectivity index (χ2v) is 2.92. The molecule has 6 nitrogen and oxygen atoms in total. The fourth-order valence-electron chi connectivity index (χ4n) is 1.18. The Kier molecular flexibility index (Phi) is 2.40. The van der Waals surface area contributed by atoms with E-state index in [1.165, 1.54) is 0 Å². The van der Waals surface area contributed by atoms with Crippen LogP contribution < -0.4 is 26.0 Å². The van der Waals surface area contributed by atoms with E-state index < -0.39 is 0 Å². The predicted octanol–water partition coefficient (Wildman–Crippen LogP) is -1.90. The van der Waals surface area contributed by atoms with Crippen molar-refractivity contribution in [3.63, 3.8) is 0 Å². The van der Waals surface area contributed by atoms with Crippen molar-refractivity contribution >= 4 is 12.2 Å². The second kappa shape index (κ2) is 3.87. The number of nitrogens with zero attached hydrogens (tertiary/aromatic N) is 1. The first-order chi connectivity index (χ1) is 7.25. The Hall–Kier alpha value is -2.24. The first-order valence-corrected chi connectivity index (χ1v) is 4.33. The number of rotatable bonds is 2. The molecule has 15 heavy (non-hydrogen) atoms. The molecule has 0 unspecified atom stereocenters. The van der Waals surface area contributed by atoms with Gasteiger partial charge in [0.15, 0.2) is 11.5 Å². The highest BCUT2D eigenvalue weighted by Gasteiger charge is 2.12. The number of hydrogen-bond donors (Lipinski definition) is 3. The summed E-state index contributed by atoms with van der Waals surface area (Å²) >= 11 is 0. The van der Waals surface area contributed by atoms with E-state index in [-0.39, 0.29) is 12.8 Å². The lowest BCUT2D eigenvalue weighted by Gasteiger charge is -1.94. The molecule has 5 N–H and O–H groups in total. The Bertz CT molecular complexity index is 424. The standard InChI is InChI=1S/C9H10N4O2/c10-9(11)13-12-4-6-1-2-7-8(3-6)15-5-14-7/h1-4H,5H2,(H4,10,11,13)/p+1/b12-4-. The molecule has 6 heteroatoms. The summed E-state index contributed by atoms with van der Waals surface area (Å²) in [4.78, 5) is 0. The van der Waals surface area contributed by atoms with Gasteiger partial charge in [0.1, 0.15) is 0 Å². The maximum atomic E-state index is 5.21. The molecule has 1 aliphatic heterocycles. The van der Waals surface area contributed by atoms with Crippen molar-refractivity contribution in [2.24, 2.45) is 16.6 Å². The van der Waals surface area contributed by atoms with Gasteiger partial charge in [0.25, 0.3) is 5.96 Å². The first kappa shape index (κ1) is 9.32. The van der Waals surface area contributed by atoms with Crippen LogP contribution in [0.15, 0.2) is 23.3 Å². The monoisotopic (exact) mass is 207 g/mol. The van der Waals surface area contributed by atoms with Crippen LogP contribution in [0.1, 0.15) is 5.56 Å². The summed E-state index contributed by atoms with van der Waals surface area (Å²) in [5.41, 5.74) is 11.2. The molecule has 0 aliphatic carbocycles. The lowest BCUT2D eigenvalue weighted by molar-refractivity contribution is -0.456. The average Bonchev–Trinajstić information content (AvgIpc) is 2.64. The van der Waals surface area contributed by atoms with E-state index in [1.54, 1.807) is 6.21 Å². The first-order valence-electron chi connectivity index (χ1n) is 4.33. The van der Waals surface area contributed by atoms with Gasteiger partial charge in [-0.25, -0.2) is 0 Å². The smallest absolute Gasteiger partial charge is 0.256 e. The van der Waals surface area contributed by atoms with Gasteiger partial charge in [-0.2, -0.15) is 0 Å². The molecule has 0 spiro atoms. The highest BCUT2D eigenvalue weighted by atomic mass is 16.7. The van der Waals surface area contributed by atoms with Gasteiger partial charge in [0, 0.05) is 10.7 Å². The Morgan fingerprint density at radius 2 is 2.13 bits per heavy atom. The lowest BCUT2D eigenvalue weighted by Crippen LogP contribution is -2.63. The Morgan fingerprint density at radius 3 is 2.93 bits per heavy atom. The van der Waals surface area contributed by atoms with Crippen LogP contribution in [-0.2, 0) is 0 Å². The third kappa shape index (κ3) is 2.16. The van der Waals surface area contributed by atoms with Gasteiger partial charge in [-0.05, 0) is 18.2 Å². The van der Waals surface area contributed by atoms with E-state index in [9.17, 15) is 0 Å². The normalized spacial score (nSPS) is 13.1. The molecule has 2 rings (SSSR count). The van der Waals surface area contributed by atoms with Crippen LogP contribution in [0.2, 0.25) is 0 Å². The third-order valence-electron chi connectivity index (χ3n) is 1.82. The summed E-state index contributed by atoms with van der Waals surface area (Å²) in [6.07, 6.45) is 1.65. The molecule has 0 saturated carbocycles. The lowest BCUT2D eigenvalue weighted by atomic mass is 10.2. The Labute approximate surface area is 86.2 Å². The minimum absolute atomic E-state index is 0.0213. The highest BCUT2D eigenvalue weighted by Crippen LogP contribution is 2.31. The summed E-state index contributed by atoms with van der Waals surface area (Å²) in [6.45, 7) is 0.264. The largest absolute Gasteiger partial charge is 0.454 e. The Morgan fingerprint density at radius 1 is 1.33 bits per heavy atom. The van der Waals surface area contributed by atoms with Crippen molar-refractivity contribution < 1.29 is 14.6 Å². The maximum absolute atomic E-state index is 5.21. The number of nitrogens with two attached hydrogens (primary N) is 2. The van der Waals surface area contributed by atoms with E-state index in [1.807, 2.05) is 18.2 Å². The molecule has 1 aromatic carbocycles. The van der Waals surface area contributed by atoms with Crippen LogP contribution in [0.4, 0.5) is 0 Å². The van der Waals surface area contributed by atoms with Crippen LogP contribution in [0.25, 0.3) is 0 Å². The fraction of sp³-hybridized carbons (Fsp3) is 0.111. The van der Waals surface area contributed by atoms with Crippen molar-refractivity contribution in [3.8, 4) is 11.5 Å². The number of ether oxygens (including phenoxy) is 2. The van der Waals surface area contributed by atoms with Gasteiger partial charge in [-0.3, -0.25) is 0 Å². The zero-order valence-corrected chi connectivity index (χ0v) is 7.93. The highest BCUT2D eigenvalue weighted by molar-refractivity contribution is 5.78. The number of guanidine groups is 1. The zero-order chi connectivity index (χ0) is 10.7. The van der Waals surface area contributed by atoms with E-state index >= 15 is 0 Å². The SMILES string of the molecule is NC(N)=N/[NH+]=C\c1ccc2c(c1)OCO2. The van der Waals surface area contributed by atoms with Gasteiger partial charge in [-0.1, -0.05) is 0 Å². The van der Waals surface area contributed by atoms with Crippen LogP contribution in [0, 0.1) is 0 Å². The number of hydrazone groups is 1.